The van der Waals surface area contributed by atoms with Crippen molar-refractivity contribution >= 4 is 21.4 Å². The Morgan fingerprint density at radius 3 is 2.32 bits per heavy atom. The average Bonchev–Trinajstić information content (AvgIpc) is 3.18. The summed E-state index contributed by atoms with van der Waals surface area (Å²) in [5.74, 6) is 2.31. The highest BCUT2D eigenvalue weighted by atomic mass is 35.5. The number of hydrogen-bond acceptors (Lipinski definition) is 8. The number of nitrogens with zero attached hydrogens (tertiary/aromatic N) is 1. The minimum atomic E-state index is -3.11. The number of benzene rings is 2. The van der Waals surface area contributed by atoms with Gasteiger partial charge >= 0.3 is 0 Å². The summed E-state index contributed by atoms with van der Waals surface area (Å²) in [6.45, 7) is 2.58. The van der Waals surface area contributed by atoms with E-state index < -0.39 is 15.9 Å². The van der Waals surface area contributed by atoms with E-state index in [1.54, 1.807) is 26.4 Å². The van der Waals surface area contributed by atoms with Crippen molar-refractivity contribution in [3.05, 3.63) is 46.5 Å². The Labute approximate surface area is 206 Å². The molecule has 10 heteroatoms. The summed E-state index contributed by atoms with van der Waals surface area (Å²) in [7, 11) is 1.52. The predicted molar refractivity (Wildman–Crippen MR) is 131 cm³/mol. The first-order valence-electron chi connectivity index (χ1n) is 11.0. The van der Waals surface area contributed by atoms with E-state index >= 15 is 0 Å². The van der Waals surface area contributed by atoms with Gasteiger partial charge in [-0.2, -0.15) is 0 Å². The van der Waals surface area contributed by atoms with Crippen molar-refractivity contribution in [2.45, 2.75) is 32.0 Å². The van der Waals surface area contributed by atoms with Gasteiger partial charge in [-0.05, 0) is 54.8 Å². The summed E-state index contributed by atoms with van der Waals surface area (Å²) in [6.07, 6.45) is -0.321. The van der Waals surface area contributed by atoms with E-state index in [1.807, 2.05) is 30.0 Å². The third-order valence-electron chi connectivity index (χ3n) is 5.85. The van der Waals surface area contributed by atoms with Crippen LogP contribution in [0.4, 0.5) is 0 Å². The van der Waals surface area contributed by atoms with Gasteiger partial charge < -0.3 is 24.1 Å². The van der Waals surface area contributed by atoms with Gasteiger partial charge in [0, 0.05) is 24.2 Å². The van der Waals surface area contributed by atoms with Crippen molar-refractivity contribution in [2.24, 2.45) is 0 Å². The van der Waals surface area contributed by atoms with Crippen LogP contribution >= 0.6 is 11.6 Å². The van der Waals surface area contributed by atoms with Gasteiger partial charge in [0.15, 0.2) is 21.3 Å². The first-order valence-corrected chi connectivity index (χ1v) is 13.2. The molecule has 0 saturated carbocycles. The molecule has 188 valence electrons. The third kappa shape index (κ3) is 6.69. The summed E-state index contributed by atoms with van der Waals surface area (Å²) < 4.78 is 46.4. The lowest BCUT2D eigenvalue weighted by atomic mass is 10.1. The van der Waals surface area contributed by atoms with Crippen molar-refractivity contribution in [3.63, 3.8) is 0 Å². The Bertz CT molecular complexity index is 1070. The van der Waals surface area contributed by atoms with Crippen LogP contribution < -0.4 is 18.9 Å². The second-order valence-electron chi connectivity index (χ2n) is 8.40. The molecule has 0 amide bonds. The van der Waals surface area contributed by atoms with Crippen molar-refractivity contribution in [3.8, 4) is 23.0 Å². The monoisotopic (exact) mass is 513 g/mol. The van der Waals surface area contributed by atoms with Crippen LogP contribution in [-0.2, 0) is 16.4 Å². The van der Waals surface area contributed by atoms with Crippen LogP contribution in [-0.4, -0.2) is 76.6 Å². The maximum absolute atomic E-state index is 12.2. The van der Waals surface area contributed by atoms with Crippen molar-refractivity contribution in [1.29, 1.82) is 0 Å². The topological polar surface area (TPSA) is 94.5 Å². The molecule has 34 heavy (non-hydrogen) atoms. The van der Waals surface area contributed by atoms with Crippen LogP contribution in [0.2, 0.25) is 5.02 Å². The number of aliphatic hydroxyl groups excluding tert-OH is 1. The molecule has 0 bridgehead atoms. The summed E-state index contributed by atoms with van der Waals surface area (Å²) >= 11 is 6.06. The molecule has 8 nitrogen and oxygen atoms in total. The summed E-state index contributed by atoms with van der Waals surface area (Å²) in [5, 5.41) is 11.4. The SMILES string of the molecule is COc1cc(CN(CC(O)COc2ccc(Cl)c(C)c2)C2CCS(=O)(=O)C2)cc(OC)c1OC. The Hall–Kier alpha value is -2.20. The van der Waals surface area contributed by atoms with Gasteiger partial charge in [-0.1, -0.05) is 11.6 Å². The largest absolute Gasteiger partial charge is 0.493 e. The number of rotatable bonds is 11. The predicted octanol–water partition coefficient (Wildman–Crippen LogP) is 3.10. The lowest BCUT2D eigenvalue weighted by Crippen LogP contribution is -2.42. The molecule has 1 heterocycles. The molecule has 1 N–H and O–H groups in total. The molecule has 3 rings (SSSR count). The Morgan fingerprint density at radius 2 is 1.79 bits per heavy atom. The number of methoxy groups -OCH3 is 3. The van der Waals surface area contributed by atoms with Crippen LogP contribution in [0.1, 0.15) is 17.5 Å². The highest BCUT2D eigenvalue weighted by Crippen LogP contribution is 2.38. The first-order chi connectivity index (χ1) is 16.2. The number of halogens is 1. The molecule has 2 aromatic carbocycles. The zero-order valence-electron chi connectivity index (χ0n) is 19.9. The molecule has 0 aliphatic carbocycles. The standard InChI is InChI=1S/C24H32ClNO7S/c1-16-9-20(5-6-21(16)25)33-14-19(27)13-26(18-7-8-34(28,29)15-18)12-17-10-22(30-2)24(32-4)23(11-17)31-3/h5-6,9-11,18-19,27H,7-8,12-15H2,1-4H3. The van der Waals surface area contributed by atoms with E-state index in [0.29, 0.717) is 41.0 Å². The molecule has 0 radical (unpaired) electrons. The van der Waals surface area contributed by atoms with Crippen molar-refractivity contribution in [2.75, 3.05) is 46.0 Å². The molecule has 2 atom stereocenters. The van der Waals surface area contributed by atoms with Gasteiger partial charge in [0.1, 0.15) is 18.5 Å². The smallest absolute Gasteiger partial charge is 0.203 e. The first kappa shape index (κ1) is 26.4. The number of hydrogen-bond donors (Lipinski definition) is 1. The van der Waals surface area contributed by atoms with Crippen molar-refractivity contribution < 1.29 is 32.5 Å². The summed E-state index contributed by atoms with van der Waals surface area (Å²) in [6, 6.07) is 8.76. The average molecular weight is 514 g/mol. The number of sulfone groups is 1. The van der Waals surface area contributed by atoms with E-state index in [9.17, 15) is 13.5 Å². The third-order valence-corrected chi connectivity index (χ3v) is 8.03. The quantitative estimate of drug-likeness (QED) is 0.490. The van der Waals surface area contributed by atoms with Gasteiger partial charge in [-0.3, -0.25) is 4.90 Å². The molecule has 1 saturated heterocycles. The Kier molecular flexibility index (Phi) is 8.92. The van der Waals surface area contributed by atoms with Gasteiger partial charge in [0.05, 0.1) is 32.8 Å². The number of aliphatic hydroxyl groups is 1. The molecule has 1 fully saturated rings. The highest BCUT2D eigenvalue weighted by molar-refractivity contribution is 7.91. The summed E-state index contributed by atoms with van der Waals surface area (Å²) in [4.78, 5) is 1.98. The summed E-state index contributed by atoms with van der Waals surface area (Å²) in [5.41, 5.74) is 1.73. The number of aryl methyl sites for hydroxylation is 1. The van der Waals surface area contributed by atoms with Gasteiger partial charge in [0.25, 0.3) is 0 Å². The second kappa shape index (κ2) is 11.5. The molecule has 0 aromatic heterocycles. The normalized spacial score (nSPS) is 18.0. The molecule has 1 aliphatic heterocycles. The van der Waals surface area contributed by atoms with Crippen LogP contribution in [0.3, 0.4) is 0 Å². The number of ether oxygens (including phenoxy) is 4. The van der Waals surface area contributed by atoms with Crippen LogP contribution in [0.25, 0.3) is 0 Å². The molecular formula is C24H32ClNO7S. The van der Waals surface area contributed by atoms with Crippen molar-refractivity contribution in [1.82, 2.24) is 4.90 Å². The minimum Gasteiger partial charge on any atom is -0.493 e. The van der Waals surface area contributed by atoms with Crippen LogP contribution in [0.15, 0.2) is 30.3 Å². The van der Waals surface area contributed by atoms with E-state index in [0.717, 1.165) is 11.1 Å². The maximum atomic E-state index is 12.2. The van der Waals surface area contributed by atoms with E-state index in [4.69, 9.17) is 30.5 Å². The van der Waals surface area contributed by atoms with E-state index in [2.05, 4.69) is 0 Å². The molecular weight excluding hydrogens is 482 g/mol. The Balaban J connectivity index is 1.77. The zero-order valence-corrected chi connectivity index (χ0v) is 21.5. The fourth-order valence-corrected chi connectivity index (χ4v) is 5.97. The highest BCUT2D eigenvalue weighted by Gasteiger charge is 2.33. The minimum absolute atomic E-state index is 0.0569. The van der Waals surface area contributed by atoms with E-state index in [-0.39, 0.29) is 30.7 Å². The van der Waals surface area contributed by atoms with E-state index in [1.165, 1.54) is 7.11 Å². The lowest BCUT2D eigenvalue weighted by molar-refractivity contribution is 0.0524. The van der Waals surface area contributed by atoms with Gasteiger partial charge in [-0.25, -0.2) is 8.42 Å². The van der Waals surface area contributed by atoms with Gasteiger partial charge in [0.2, 0.25) is 5.75 Å². The maximum Gasteiger partial charge on any atom is 0.203 e. The molecule has 2 unspecified atom stereocenters. The fraction of sp³-hybridized carbons (Fsp3) is 0.500. The van der Waals surface area contributed by atoms with Crippen LogP contribution in [0, 0.1) is 6.92 Å². The molecule has 0 spiro atoms. The molecule has 2 aromatic rings. The second-order valence-corrected chi connectivity index (χ2v) is 11.0. The zero-order chi connectivity index (χ0) is 24.9. The Morgan fingerprint density at radius 1 is 1.12 bits per heavy atom. The van der Waals surface area contributed by atoms with Crippen LogP contribution in [0.5, 0.6) is 23.0 Å². The van der Waals surface area contributed by atoms with Gasteiger partial charge in [-0.15, -0.1) is 0 Å². The fourth-order valence-electron chi connectivity index (χ4n) is 4.09. The molecule has 1 aliphatic rings. The lowest BCUT2D eigenvalue weighted by Gasteiger charge is -2.30.